The van der Waals surface area contributed by atoms with Gasteiger partial charge in [-0.05, 0) is 22.6 Å². The second-order valence-corrected chi connectivity index (χ2v) is 4.88. The zero-order valence-electron chi connectivity index (χ0n) is 7.35. The molecule has 0 saturated carbocycles. The van der Waals surface area contributed by atoms with Gasteiger partial charge in [-0.2, -0.15) is 5.10 Å². The predicted molar refractivity (Wildman–Crippen MR) is 54.6 cm³/mol. The molecule has 1 heterocycles. The van der Waals surface area contributed by atoms with E-state index in [0.717, 1.165) is 0 Å². The number of aryl methyl sites for hydroxylation is 1. The SMILES string of the molecule is Cn1ncc(I)c1C(C)(C)C. The summed E-state index contributed by atoms with van der Waals surface area (Å²) in [6, 6.07) is 0. The highest BCUT2D eigenvalue weighted by Gasteiger charge is 2.20. The monoisotopic (exact) mass is 264 g/mol. The quantitative estimate of drug-likeness (QED) is 0.657. The van der Waals surface area contributed by atoms with Gasteiger partial charge in [0.05, 0.1) is 15.5 Å². The van der Waals surface area contributed by atoms with E-state index in [2.05, 4.69) is 48.5 Å². The molecule has 0 saturated heterocycles. The van der Waals surface area contributed by atoms with Crippen molar-refractivity contribution in [2.75, 3.05) is 0 Å². The molecule has 0 radical (unpaired) electrons. The van der Waals surface area contributed by atoms with Crippen LogP contribution in [0, 0.1) is 3.57 Å². The number of hydrogen-bond donors (Lipinski definition) is 0. The molecule has 0 fully saturated rings. The van der Waals surface area contributed by atoms with Crippen LogP contribution in [-0.2, 0) is 12.5 Å². The lowest BCUT2D eigenvalue weighted by atomic mass is 9.92. The second kappa shape index (κ2) is 2.77. The van der Waals surface area contributed by atoms with E-state index in [1.165, 1.54) is 9.26 Å². The van der Waals surface area contributed by atoms with Gasteiger partial charge in [0.25, 0.3) is 0 Å². The van der Waals surface area contributed by atoms with Crippen LogP contribution in [0.1, 0.15) is 26.5 Å². The van der Waals surface area contributed by atoms with Crippen LogP contribution in [0.3, 0.4) is 0 Å². The maximum Gasteiger partial charge on any atom is 0.0626 e. The highest BCUT2D eigenvalue weighted by molar-refractivity contribution is 14.1. The zero-order chi connectivity index (χ0) is 8.65. The van der Waals surface area contributed by atoms with Crippen molar-refractivity contribution in [3.63, 3.8) is 0 Å². The zero-order valence-corrected chi connectivity index (χ0v) is 9.51. The molecule has 0 bridgehead atoms. The molecule has 0 atom stereocenters. The first-order chi connectivity index (χ1) is 4.93. The van der Waals surface area contributed by atoms with Gasteiger partial charge in [-0.1, -0.05) is 20.8 Å². The molecular formula is C8H13IN2. The van der Waals surface area contributed by atoms with Gasteiger partial charge >= 0.3 is 0 Å². The van der Waals surface area contributed by atoms with Crippen molar-refractivity contribution < 1.29 is 0 Å². The van der Waals surface area contributed by atoms with Crippen LogP contribution in [0.5, 0.6) is 0 Å². The molecule has 0 N–H and O–H groups in total. The summed E-state index contributed by atoms with van der Waals surface area (Å²) in [4.78, 5) is 0. The summed E-state index contributed by atoms with van der Waals surface area (Å²) < 4.78 is 3.19. The van der Waals surface area contributed by atoms with Crippen molar-refractivity contribution in [3.05, 3.63) is 15.5 Å². The Morgan fingerprint density at radius 1 is 1.45 bits per heavy atom. The van der Waals surface area contributed by atoms with E-state index < -0.39 is 0 Å². The third-order valence-corrected chi connectivity index (χ3v) is 2.39. The predicted octanol–water partition coefficient (Wildman–Crippen LogP) is 2.32. The number of aromatic nitrogens is 2. The Labute approximate surface area is 81.1 Å². The third kappa shape index (κ3) is 1.75. The Kier molecular flexibility index (Phi) is 2.27. The van der Waals surface area contributed by atoms with E-state index in [0.29, 0.717) is 0 Å². The molecule has 3 heteroatoms. The third-order valence-electron chi connectivity index (χ3n) is 1.60. The van der Waals surface area contributed by atoms with E-state index in [9.17, 15) is 0 Å². The topological polar surface area (TPSA) is 17.8 Å². The summed E-state index contributed by atoms with van der Waals surface area (Å²) in [6.45, 7) is 6.60. The van der Waals surface area contributed by atoms with Crippen molar-refractivity contribution in [1.29, 1.82) is 0 Å². The van der Waals surface area contributed by atoms with Gasteiger partial charge in [-0.15, -0.1) is 0 Å². The first-order valence-corrected chi connectivity index (χ1v) is 4.69. The van der Waals surface area contributed by atoms with Gasteiger partial charge in [0.15, 0.2) is 0 Å². The summed E-state index contributed by atoms with van der Waals surface area (Å²) in [5.74, 6) is 0. The summed E-state index contributed by atoms with van der Waals surface area (Å²) >= 11 is 2.32. The van der Waals surface area contributed by atoms with Gasteiger partial charge in [0.1, 0.15) is 0 Å². The molecule has 62 valence electrons. The molecule has 2 nitrogen and oxygen atoms in total. The molecular weight excluding hydrogens is 251 g/mol. The summed E-state index contributed by atoms with van der Waals surface area (Å²) in [5, 5.41) is 4.19. The number of nitrogens with zero attached hydrogens (tertiary/aromatic N) is 2. The van der Waals surface area contributed by atoms with E-state index in [1.54, 1.807) is 0 Å². The minimum absolute atomic E-state index is 0.196. The molecule has 1 aromatic heterocycles. The average molecular weight is 264 g/mol. The fraction of sp³-hybridized carbons (Fsp3) is 0.625. The maximum absolute atomic E-state index is 4.19. The minimum Gasteiger partial charge on any atom is -0.271 e. The van der Waals surface area contributed by atoms with Gasteiger partial charge in [-0.25, -0.2) is 0 Å². The maximum atomic E-state index is 4.19. The van der Waals surface area contributed by atoms with Gasteiger partial charge in [0.2, 0.25) is 0 Å². The second-order valence-electron chi connectivity index (χ2n) is 3.71. The summed E-state index contributed by atoms with van der Waals surface area (Å²) in [5.41, 5.74) is 1.50. The van der Waals surface area contributed by atoms with Crippen molar-refractivity contribution >= 4 is 22.6 Å². The molecule has 0 amide bonds. The van der Waals surface area contributed by atoms with Gasteiger partial charge in [0, 0.05) is 12.5 Å². The molecule has 1 rings (SSSR count). The number of halogens is 1. The van der Waals surface area contributed by atoms with Crippen molar-refractivity contribution in [2.24, 2.45) is 7.05 Å². The lowest BCUT2D eigenvalue weighted by Gasteiger charge is -2.19. The van der Waals surface area contributed by atoms with E-state index >= 15 is 0 Å². The van der Waals surface area contributed by atoms with Crippen molar-refractivity contribution in [3.8, 4) is 0 Å². The highest BCUT2D eigenvalue weighted by atomic mass is 127. The van der Waals surface area contributed by atoms with Crippen molar-refractivity contribution in [2.45, 2.75) is 26.2 Å². The van der Waals surface area contributed by atoms with Crippen molar-refractivity contribution in [1.82, 2.24) is 9.78 Å². The Hall–Kier alpha value is -0.0600. The smallest absolute Gasteiger partial charge is 0.0626 e. The van der Waals surface area contributed by atoms with Crippen LogP contribution in [0.15, 0.2) is 6.20 Å². The number of rotatable bonds is 0. The van der Waals surface area contributed by atoms with Crippen LogP contribution < -0.4 is 0 Å². The van der Waals surface area contributed by atoms with Gasteiger partial charge < -0.3 is 0 Å². The fourth-order valence-electron chi connectivity index (χ4n) is 1.25. The summed E-state index contributed by atoms with van der Waals surface area (Å²) in [6.07, 6.45) is 1.90. The van der Waals surface area contributed by atoms with Crippen LogP contribution in [0.25, 0.3) is 0 Å². The normalized spacial score (nSPS) is 12.1. The molecule has 0 aromatic carbocycles. The van der Waals surface area contributed by atoms with Crippen LogP contribution in [-0.4, -0.2) is 9.78 Å². The minimum atomic E-state index is 0.196. The molecule has 0 unspecified atom stereocenters. The fourth-order valence-corrected chi connectivity index (χ4v) is 2.54. The first-order valence-electron chi connectivity index (χ1n) is 3.61. The molecule has 0 spiro atoms. The molecule has 0 aliphatic rings. The van der Waals surface area contributed by atoms with Crippen LogP contribution in [0.4, 0.5) is 0 Å². The molecule has 1 aromatic rings. The Morgan fingerprint density at radius 3 is 2.18 bits per heavy atom. The number of hydrogen-bond acceptors (Lipinski definition) is 1. The largest absolute Gasteiger partial charge is 0.271 e. The van der Waals surface area contributed by atoms with E-state index in [4.69, 9.17) is 0 Å². The van der Waals surface area contributed by atoms with Crippen LogP contribution >= 0.6 is 22.6 Å². The summed E-state index contributed by atoms with van der Waals surface area (Å²) in [7, 11) is 1.99. The molecule has 11 heavy (non-hydrogen) atoms. The molecule has 0 aliphatic heterocycles. The van der Waals surface area contributed by atoms with E-state index in [-0.39, 0.29) is 5.41 Å². The Morgan fingerprint density at radius 2 is 2.00 bits per heavy atom. The van der Waals surface area contributed by atoms with E-state index in [1.807, 2.05) is 17.9 Å². The lowest BCUT2D eigenvalue weighted by molar-refractivity contribution is 0.520. The molecule has 0 aliphatic carbocycles. The average Bonchev–Trinajstić information content (AvgIpc) is 2.08. The Balaban J connectivity index is 3.21. The Bertz CT molecular complexity index is 238. The van der Waals surface area contributed by atoms with Gasteiger partial charge in [-0.3, -0.25) is 4.68 Å². The van der Waals surface area contributed by atoms with Crippen LogP contribution in [0.2, 0.25) is 0 Å². The first kappa shape index (κ1) is 9.03. The highest BCUT2D eigenvalue weighted by Crippen LogP contribution is 2.25. The standard InChI is InChI=1S/C8H13IN2/c1-8(2,3)7-6(9)5-10-11(7)4/h5H,1-4H3. The lowest BCUT2D eigenvalue weighted by Crippen LogP contribution is -2.17.